The van der Waals surface area contributed by atoms with Gasteiger partial charge in [-0.15, -0.1) is 10.2 Å². The Kier molecular flexibility index (Phi) is 4.31. The van der Waals surface area contributed by atoms with Crippen LogP contribution in [0.4, 0.5) is 0 Å². The zero-order chi connectivity index (χ0) is 21.7. The fraction of sp³-hybridized carbons (Fsp3) is 0.278. The minimum atomic E-state index is -0.638. The molecule has 5 heterocycles. The highest BCUT2D eigenvalue weighted by molar-refractivity contribution is 6.45. The number of hydrogen-bond acceptors (Lipinski definition) is 8. The molecule has 0 aliphatic carbocycles. The molecule has 0 atom stereocenters. The van der Waals surface area contributed by atoms with Crippen LogP contribution in [0.5, 0.6) is 5.75 Å². The van der Waals surface area contributed by atoms with E-state index in [4.69, 9.17) is 4.74 Å². The smallest absolute Gasteiger partial charge is 0.295 e. The molecule has 0 saturated carbocycles. The Morgan fingerprint density at radius 2 is 2.06 bits per heavy atom. The number of pyridine rings is 1. The van der Waals surface area contributed by atoms with Crippen LogP contribution in [0.15, 0.2) is 18.7 Å². The number of ketones is 1. The Hall–Kier alpha value is -4.03. The van der Waals surface area contributed by atoms with Gasteiger partial charge in [0.15, 0.2) is 19.5 Å². The van der Waals surface area contributed by atoms with Crippen LogP contribution in [-0.2, 0) is 17.9 Å². The molecule has 0 fully saturated rings. The van der Waals surface area contributed by atoms with E-state index in [-0.39, 0.29) is 12.1 Å². The molecule has 156 valence electrons. The van der Waals surface area contributed by atoms with Crippen molar-refractivity contribution < 1.29 is 14.3 Å². The molecule has 1 amide bonds. The number of H-pyrrole nitrogens is 1. The number of amides is 1. The van der Waals surface area contributed by atoms with Gasteiger partial charge in [0, 0.05) is 19.3 Å². The van der Waals surface area contributed by atoms with Gasteiger partial charge in [-0.1, -0.05) is 0 Å². The summed E-state index contributed by atoms with van der Waals surface area (Å²) in [6.07, 6.45) is 4.53. The normalized spacial score (nSPS) is 13.4. The number of aromatic nitrogens is 8. The summed E-state index contributed by atoms with van der Waals surface area (Å²) in [5.74, 6) is 0.823. The van der Waals surface area contributed by atoms with E-state index in [0.29, 0.717) is 47.2 Å². The average Bonchev–Trinajstić information content (AvgIpc) is 3.50. The summed E-state index contributed by atoms with van der Waals surface area (Å²) < 4.78 is 8.87. The molecule has 1 aliphatic heterocycles. The minimum Gasteiger partial charge on any atom is -0.494 e. The summed E-state index contributed by atoms with van der Waals surface area (Å²) >= 11 is 0. The number of aromatic amines is 1. The number of carbonyl (C=O) groups is 2. The van der Waals surface area contributed by atoms with Gasteiger partial charge in [0.05, 0.1) is 42.0 Å². The number of methoxy groups -OCH3 is 1. The second-order valence-electron chi connectivity index (χ2n) is 7.21. The Labute approximate surface area is 176 Å². The van der Waals surface area contributed by atoms with Crippen LogP contribution in [0.25, 0.3) is 16.7 Å². The number of rotatable bonds is 4. The highest BCUT2D eigenvalue weighted by Crippen LogP contribution is 2.32. The molecule has 0 aromatic carbocycles. The predicted octanol–water partition coefficient (Wildman–Crippen LogP) is -1.46. The highest BCUT2D eigenvalue weighted by atomic mass is 16.5. The standard InChI is InChI=1S/C18H18BN9O3/c1-9-22-8-28(25-9)16-14-13(11(31-2)6-21-16)10(5-20-14)15(29)17(30)26-3-4-27-12(7-26)23-24-18(27)19/h5-6,8,20H,3-4,7,19H2,1-2H3. The molecule has 0 spiro atoms. The molecule has 4 aromatic heterocycles. The third-order valence-corrected chi connectivity index (χ3v) is 5.36. The molecule has 0 saturated heterocycles. The van der Waals surface area contributed by atoms with Crippen LogP contribution in [0.3, 0.4) is 0 Å². The van der Waals surface area contributed by atoms with Crippen molar-refractivity contribution in [2.24, 2.45) is 0 Å². The molecule has 4 aromatic rings. The van der Waals surface area contributed by atoms with Crippen LogP contribution in [-0.4, -0.2) is 77.6 Å². The third kappa shape index (κ3) is 2.96. The molecule has 0 bridgehead atoms. The van der Waals surface area contributed by atoms with Gasteiger partial charge in [0.2, 0.25) is 0 Å². The van der Waals surface area contributed by atoms with Gasteiger partial charge in [-0.2, -0.15) is 5.10 Å². The van der Waals surface area contributed by atoms with Gasteiger partial charge in [0.1, 0.15) is 17.9 Å². The Bertz CT molecular complexity index is 1340. The minimum absolute atomic E-state index is 0.209. The lowest BCUT2D eigenvalue weighted by molar-refractivity contribution is -0.127. The number of aryl methyl sites for hydroxylation is 1. The molecular formula is C18H18BN9O3. The van der Waals surface area contributed by atoms with Gasteiger partial charge in [-0.3, -0.25) is 9.59 Å². The van der Waals surface area contributed by atoms with Crippen molar-refractivity contribution in [2.45, 2.75) is 20.0 Å². The first-order chi connectivity index (χ1) is 15.0. The maximum Gasteiger partial charge on any atom is 0.295 e. The summed E-state index contributed by atoms with van der Waals surface area (Å²) in [4.78, 5) is 39.3. The molecule has 1 aliphatic rings. The number of ether oxygens (including phenoxy) is 1. The Morgan fingerprint density at radius 1 is 1.23 bits per heavy atom. The third-order valence-electron chi connectivity index (χ3n) is 5.36. The van der Waals surface area contributed by atoms with Crippen LogP contribution in [0.2, 0.25) is 0 Å². The Balaban J connectivity index is 1.52. The molecule has 31 heavy (non-hydrogen) atoms. The summed E-state index contributed by atoms with van der Waals surface area (Å²) in [6, 6.07) is 0. The van der Waals surface area contributed by atoms with E-state index in [0.717, 1.165) is 5.72 Å². The van der Waals surface area contributed by atoms with Gasteiger partial charge >= 0.3 is 0 Å². The summed E-state index contributed by atoms with van der Waals surface area (Å²) in [6.45, 7) is 2.95. The highest BCUT2D eigenvalue weighted by Gasteiger charge is 2.31. The van der Waals surface area contributed by atoms with E-state index in [1.54, 1.807) is 6.92 Å². The Morgan fingerprint density at radius 3 is 2.81 bits per heavy atom. The van der Waals surface area contributed by atoms with Crippen molar-refractivity contribution in [3.8, 4) is 11.6 Å². The van der Waals surface area contributed by atoms with Gasteiger partial charge in [-0.25, -0.2) is 14.6 Å². The van der Waals surface area contributed by atoms with Crippen LogP contribution in [0, 0.1) is 6.92 Å². The largest absolute Gasteiger partial charge is 0.494 e. The van der Waals surface area contributed by atoms with E-state index < -0.39 is 11.7 Å². The number of fused-ring (bicyclic) bond motifs is 2. The van der Waals surface area contributed by atoms with Crippen molar-refractivity contribution in [2.75, 3.05) is 13.7 Å². The number of Topliss-reactive ketones (excluding diaryl/α,β-unsaturated/α-hetero) is 1. The molecule has 0 radical (unpaired) electrons. The number of carbonyl (C=O) groups excluding carboxylic acids is 2. The quantitative estimate of drug-likeness (QED) is 0.241. The average molecular weight is 419 g/mol. The molecule has 12 nitrogen and oxygen atoms in total. The van der Waals surface area contributed by atoms with E-state index in [1.165, 1.54) is 35.4 Å². The zero-order valence-corrected chi connectivity index (χ0v) is 17.2. The zero-order valence-electron chi connectivity index (χ0n) is 17.2. The first-order valence-corrected chi connectivity index (χ1v) is 9.63. The predicted molar refractivity (Wildman–Crippen MR) is 110 cm³/mol. The molecule has 13 heteroatoms. The van der Waals surface area contributed by atoms with Crippen molar-refractivity contribution >= 4 is 36.2 Å². The summed E-state index contributed by atoms with van der Waals surface area (Å²) in [5, 5.41) is 12.9. The number of hydrogen-bond donors (Lipinski definition) is 1. The van der Waals surface area contributed by atoms with E-state index in [1.807, 2.05) is 12.4 Å². The van der Waals surface area contributed by atoms with Crippen LogP contribution in [0.1, 0.15) is 22.0 Å². The molecule has 0 unspecified atom stereocenters. The summed E-state index contributed by atoms with van der Waals surface area (Å²) in [7, 11) is 3.35. The van der Waals surface area contributed by atoms with E-state index in [2.05, 4.69) is 30.2 Å². The molecule has 5 rings (SSSR count). The lowest BCUT2D eigenvalue weighted by atomic mass is 10.1. The first-order valence-electron chi connectivity index (χ1n) is 9.63. The fourth-order valence-electron chi connectivity index (χ4n) is 3.80. The van der Waals surface area contributed by atoms with Gasteiger partial charge in [-0.05, 0) is 6.92 Å². The van der Waals surface area contributed by atoms with Crippen molar-refractivity contribution in [3.63, 3.8) is 0 Å². The van der Waals surface area contributed by atoms with E-state index in [9.17, 15) is 9.59 Å². The summed E-state index contributed by atoms with van der Waals surface area (Å²) in [5.41, 5.74) is 1.52. The lowest BCUT2D eigenvalue weighted by Gasteiger charge is -2.27. The van der Waals surface area contributed by atoms with Crippen LogP contribution < -0.4 is 10.5 Å². The monoisotopic (exact) mass is 419 g/mol. The van der Waals surface area contributed by atoms with Gasteiger partial charge < -0.3 is 19.2 Å². The lowest BCUT2D eigenvalue weighted by Crippen LogP contribution is -2.43. The van der Waals surface area contributed by atoms with Crippen molar-refractivity contribution in [1.29, 1.82) is 0 Å². The fourth-order valence-corrected chi connectivity index (χ4v) is 3.80. The number of nitrogens with zero attached hydrogens (tertiary/aromatic N) is 8. The maximum atomic E-state index is 13.2. The number of nitrogens with one attached hydrogen (secondary N) is 1. The first kappa shape index (κ1) is 19.0. The second-order valence-corrected chi connectivity index (χ2v) is 7.21. The van der Waals surface area contributed by atoms with Crippen molar-refractivity contribution in [3.05, 3.63) is 35.9 Å². The second kappa shape index (κ2) is 7.04. The van der Waals surface area contributed by atoms with E-state index >= 15 is 0 Å². The topological polar surface area (TPSA) is 137 Å². The van der Waals surface area contributed by atoms with Crippen molar-refractivity contribution in [1.82, 2.24) is 44.4 Å². The van der Waals surface area contributed by atoms with Crippen LogP contribution >= 0.6 is 0 Å². The van der Waals surface area contributed by atoms with Gasteiger partial charge in [0.25, 0.3) is 11.7 Å². The maximum absolute atomic E-state index is 13.2. The molecular weight excluding hydrogens is 401 g/mol. The SMILES string of the molecule is Bc1nnc2n1CCN(C(=O)C(=O)c1c[nH]c3c(-n4cnc(C)n4)ncc(OC)c13)C2. The molecule has 1 N–H and O–H groups in total.